The van der Waals surface area contributed by atoms with E-state index in [0.717, 1.165) is 31.7 Å². The van der Waals surface area contributed by atoms with Crippen LogP contribution in [0.25, 0.3) is 0 Å². The molecule has 0 aliphatic heterocycles. The predicted octanol–water partition coefficient (Wildman–Crippen LogP) is 2.19. The Morgan fingerprint density at radius 2 is 2.06 bits per heavy atom. The van der Waals surface area contributed by atoms with Crippen LogP contribution in [0, 0.1) is 11.6 Å². The molecule has 0 spiro atoms. The molecule has 1 aromatic rings. The molecule has 4 heteroatoms. The van der Waals surface area contributed by atoms with Gasteiger partial charge in [-0.15, -0.1) is 0 Å². The molecule has 0 bridgehead atoms. The third-order valence-corrected chi connectivity index (χ3v) is 3.30. The summed E-state index contributed by atoms with van der Waals surface area (Å²) in [5, 5.41) is 3.43. The lowest BCUT2D eigenvalue weighted by atomic mass is 10.1. The minimum Gasteiger partial charge on any atom is -0.313 e. The third kappa shape index (κ3) is 4.03. The van der Waals surface area contributed by atoms with Gasteiger partial charge in [0.2, 0.25) is 0 Å². The Hall–Kier alpha value is -1.00. The van der Waals surface area contributed by atoms with Crippen molar-refractivity contribution < 1.29 is 8.78 Å². The fourth-order valence-corrected chi connectivity index (χ4v) is 1.91. The molecule has 0 amide bonds. The first-order valence-corrected chi connectivity index (χ1v) is 6.51. The number of hydrogen-bond donors (Lipinski definition) is 1. The van der Waals surface area contributed by atoms with E-state index in [9.17, 15) is 8.78 Å². The first-order chi connectivity index (χ1) is 8.66. The van der Waals surface area contributed by atoms with Crippen LogP contribution in [0.15, 0.2) is 18.2 Å². The molecule has 1 aliphatic rings. The van der Waals surface area contributed by atoms with Crippen LogP contribution in [0.4, 0.5) is 8.78 Å². The average Bonchev–Trinajstić information content (AvgIpc) is 3.15. The molecule has 0 atom stereocenters. The number of likely N-dealkylation sites (N-methyl/N-ethyl adjacent to an activating group) is 1. The predicted molar refractivity (Wildman–Crippen MR) is 68.6 cm³/mol. The van der Waals surface area contributed by atoms with Gasteiger partial charge in [-0.25, -0.2) is 8.78 Å². The molecule has 1 saturated carbocycles. The summed E-state index contributed by atoms with van der Waals surface area (Å²) < 4.78 is 26.4. The van der Waals surface area contributed by atoms with Gasteiger partial charge >= 0.3 is 0 Å². The highest BCUT2D eigenvalue weighted by Gasteiger charge is 2.19. The van der Waals surface area contributed by atoms with Crippen molar-refractivity contribution in [3.05, 3.63) is 35.4 Å². The molecule has 2 rings (SSSR count). The maximum absolute atomic E-state index is 13.4. The van der Waals surface area contributed by atoms with E-state index in [1.807, 2.05) is 7.05 Å². The highest BCUT2D eigenvalue weighted by Crippen LogP contribution is 2.18. The summed E-state index contributed by atoms with van der Waals surface area (Å²) in [5.41, 5.74) is 0.456. The molecule has 2 nitrogen and oxygen atoms in total. The van der Waals surface area contributed by atoms with Gasteiger partial charge in [-0.2, -0.15) is 0 Å². The highest BCUT2D eigenvalue weighted by molar-refractivity contribution is 5.19. The van der Waals surface area contributed by atoms with E-state index in [1.165, 1.54) is 12.8 Å². The van der Waals surface area contributed by atoms with Crippen LogP contribution in [-0.2, 0) is 6.42 Å². The van der Waals surface area contributed by atoms with Gasteiger partial charge in [0.05, 0.1) is 0 Å². The van der Waals surface area contributed by atoms with E-state index in [-0.39, 0.29) is 0 Å². The second kappa shape index (κ2) is 6.25. The average molecular weight is 254 g/mol. The summed E-state index contributed by atoms with van der Waals surface area (Å²) in [6, 6.07) is 5.08. The normalized spacial score (nSPS) is 15.3. The number of rotatable bonds is 7. The molecular formula is C14H20F2N2. The highest BCUT2D eigenvalue weighted by atomic mass is 19.2. The van der Waals surface area contributed by atoms with E-state index in [0.29, 0.717) is 12.0 Å². The second-order valence-corrected chi connectivity index (χ2v) is 4.99. The van der Waals surface area contributed by atoms with Gasteiger partial charge in [0.25, 0.3) is 0 Å². The molecule has 0 radical (unpaired) electrons. The van der Waals surface area contributed by atoms with Crippen molar-refractivity contribution in [2.45, 2.75) is 25.3 Å². The third-order valence-electron chi connectivity index (χ3n) is 3.30. The summed E-state index contributed by atoms with van der Waals surface area (Å²) in [5.74, 6) is -1.47. The monoisotopic (exact) mass is 254 g/mol. The second-order valence-electron chi connectivity index (χ2n) is 4.99. The fourth-order valence-electron chi connectivity index (χ4n) is 1.91. The minimum absolute atomic E-state index is 0.456. The molecule has 0 unspecified atom stereocenters. The zero-order valence-electron chi connectivity index (χ0n) is 10.8. The van der Waals surface area contributed by atoms with Gasteiger partial charge < -0.3 is 10.2 Å². The number of benzene rings is 1. The molecule has 1 fully saturated rings. The smallest absolute Gasteiger partial charge is 0.162 e. The van der Waals surface area contributed by atoms with Crippen LogP contribution in [0.3, 0.4) is 0 Å². The molecule has 0 heterocycles. The minimum atomic E-state index is -0.759. The SMILES string of the molecule is CN(CCNC1CC1)CCc1cccc(F)c1F. The summed E-state index contributed by atoms with van der Waals surface area (Å²) >= 11 is 0. The number of hydrogen-bond acceptors (Lipinski definition) is 2. The number of nitrogens with zero attached hydrogens (tertiary/aromatic N) is 1. The van der Waals surface area contributed by atoms with Crippen molar-refractivity contribution >= 4 is 0 Å². The molecule has 1 N–H and O–H groups in total. The van der Waals surface area contributed by atoms with Crippen molar-refractivity contribution in [2.75, 3.05) is 26.7 Å². The topological polar surface area (TPSA) is 15.3 Å². The van der Waals surface area contributed by atoms with Crippen LogP contribution in [-0.4, -0.2) is 37.6 Å². The largest absolute Gasteiger partial charge is 0.313 e. The number of halogens is 2. The Labute approximate surface area is 107 Å². The van der Waals surface area contributed by atoms with E-state index in [1.54, 1.807) is 12.1 Å². The van der Waals surface area contributed by atoms with Gasteiger partial charge in [-0.3, -0.25) is 0 Å². The molecule has 1 aromatic carbocycles. The molecule has 100 valence electrons. The van der Waals surface area contributed by atoms with Crippen LogP contribution in [0.1, 0.15) is 18.4 Å². The fraction of sp³-hybridized carbons (Fsp3) is 0.571. The Kier molecular flexibility index (Phi) is 4.66. The number of nitrogens with one attached hydrogen (secondary N) is 1. The Bertz CT molecular complexity index is 391. The lowest BCUT2D eigenvalue weighted by molar-refractivity contribution is 0.332. The van der Waals surface area contributed by atoms with Crippen molar-refractivity contribution in [1.29, 1.82) is 0 Å². The van der Waals surface area contributed by atoms with Gasteiger partial charge in [0.15, 0.2) is 11.6 Å². The maximum Gasteiger partial charge on any atom is 0.162 e. The molecule has 18 heavy (non-hydrogen) atoms. The van der Waals surface area contributed by atoms with Crippen molar-refractivity contribution in [3.63, 3.8) is 0 Å². The molecule has 1 aliphatic carbocycles. The van der Waals surface area contributed by atoms with Crippen molar-refractivity contribution in [1.82, 2.24) is 10.2 Å². The quantitative estimate of drug-likeness (QED) is 0.802. The Balaban J connectivity index is 1.70. The summed E-state index contributed by atoms with van der Waals surface area (Å²) in [7, 11) is 2.01. The van der Waals surface area contributed by atoms with Gasteiger partial charge in [0.1, 0.15) is 0 Å². The molecule has 0 saturated heterocycles. The Morgan fingerprint density at radius 1 is 1.28 bits per heavy atom. The summed E-state index contributed by atoms with van der Waals surface area (Å²) in [6.07, 6.45) is 3.12. The summed E-state index contributed by atoms with van der Waals surface area (Å²) in [4.78, 5) is 2.14. The molecule has 0 aromatic heterocycles. The van der Waals surface area contributed by atoms with Gasteiger partial charge in [0, 0.05) is 25.7 Å². The molecular weight excluding hydrogens is 234 g/mol. The lowest BCUT2D eigenvalue weighted by Gasteiger charge is -2.17. The van der Waals surface area contributed by atoms with Crippen LogP contribution < -0.4 is 5.32 Å². The maximum atomic E-state index is 13.4. The lowest BCUT2D eigenvalue weighted by Crippen LogP contribution is -2.31. The first-order valence-electron chi connectivity index (χ1n) is 6.51. The first kappa shape index (κ1) is 13.4. The van der Waals surface area contributed by atoms with E-state index in [4.69, 9.17) is 0 Å². The van der Waals surface area contributed by atoms with Crippen LogP contribution >= 0.6 is 0 Å². The van der Waals surface area contributed by atoms with E-state index < -0.39 is 11.6 Å². The zero-order valence-corrected chi connectivity index (χ0v) is 10.8. The standard InChI is InChI=1S/C14H20F2N2/c1-18(10-8-17-12-5-6-12)9-7-11-3-2-4-13(15)14(11)16/h2-4,12,17H,5-10H2,1H3. The van der Waals surface area contributed by atoms with Gasteiger partial charge in [-0.05, 0) is 37.9 Å². The van der Waals surface area contributed by atoms with E-state index in [2.05, 4.69) is 10.2 Å². The van der Waals surface area contributed by atoms with Crippen LogP contribution in [0.5, 0.6) is 0 Å². The van der Waals surface area contributed by atoms with Crippen LogP contribution in [0.2, 0.25) is 0 Å². The van der Waals surface area contributed by atoms with Gasteiger partial charge in [-0.1, -0.05) is 12.1 Å². The Morgan fingerprint density at radius 3 is 2.78 bits per heavy atom. The van der Waals surface area contributed by atoms with Crippen molar-refractivity contribution in [3.8, 4) is 0 Å². The van der Waals surface area contributed by atoms with Crippen molar-refractivity contribution in [2.24, 2.45) is 0 Å². The zero-order chi connectivity index (χ0) is 13.0. The van der Waals surface area contributed by atoms with E-state index >= 15 is 0 Å². The summed E-state index contributed by atoms with van der Waals surface area (Å²) in [6.45, 7) is 2.65.